The van der Waals surface area contributed by atoms with E-state index >= 15 is 0 Å². The highest BCUT2D eigenvalue weighted by Crippen LogP contribution is 2.25. The fourth-order valence-corrected chi connectivity index (χ4v) is 2.09. The molecule has 0 saturated carbocycles. The molecule has 21 heavy (non-hydrogen) atoms. The number of halogens is 3. The number of aryl methyl sites for hydroxylation is 1. The van der Waals surface area contributed by atoms with Crippen LogP contribution in [0.3, 0.4) is 0 Å². The minimum atomic E-state index is -1.22. The minimum absolute atomic E-state index is 0.116. The molecule has 0 aliphatic heterocycles. The maximum absolute atomic E-state index is 13.5. The molecule has 2 rings (SSSR count). The van der Waals surface area contributed by atoms with Gasteiger partial charge >= 0.3 is 0 Å². The highest BCUT2D eigenvalue weighted by atomic mass is 19.2. The van der Waals surface area contributed by atoms with Gasteiger partial charge in [0.15, 0.2) is 11.6 Å². The maximum Gasteiger partial charge on any atom is 0.161 e. The fourth-order valence-electron chi connectivity index (χ4n) is 2.09. The van der Waals surface area contributed by atoms with Crippen molar-refractivity contribution >= 4 is 5.69 Å². The molecule has 0 fully saturated rings. The first-order valence-corrected chi connectivity index (χ1v) is 6.31. The van der Waals surface area contributed by atoms with E-state index in [1.807, 2.05) is 13.8 Å². The lowest BCUT2D eigenvalue weighted by Gasteiger charge is -2.13. The van der Waals surface area contributed by atoms with Crippen molar-refractivity contribution in [3.8, 4) is 5.75 Å². The van der Waals surface area contributed by atoms with E-state index in [9.17, 15) is 13.2 Å². The number of methoxy groups -OCH3 is 1. The molecule has 6 heteroatoms. The van der Waals surface area contributed by atoms with E-state index in [4.69, 9.17) is 4.74 Å². The van der Waals surface area contributed by atoms with Crippen LogP contribution in [-0.4, -0.2) is 12.1 Å². The van der Waals surface area contributed by atoms with Gasteiger partial charge in [0.25, 0.3) is 0 Å². The number of benzene rings is 1. The first-order chi connectivity index (χ1) is 9.93. The van der Waals surface area contributed by atoms with Crippen LogP contribution >= 0.6 is 0 Å². The number of ether oxygens (including phenoxy) is 1. The summed E-state index contributed by atoms with van der Waals surface area (Å²) in [5, 5.41) is 2.71. The summed E-state index contributed by atoms with van der Waals surface area (Å²) in [6.45, 7) is 3.87. The monoisotopic (exact) mass is 296 g/mol. The number of pyridine rings is 1. The Kier molecular flexibility index (Phi) is 4.35. The first-order valence-electron chi connectivity index (χ1n) is 6.31. The third-order valence-electron chi connectivity index (χ3n) is 3.21. The van der Waals surface area contributed by atoms with Crippen LogP contribution in [0, 0.1) is 31.3 Å². The molecule has 0 aliphatic carbocycles. The van der Waals surface area contributed by atoms with Gasteiger partial charge in [-0.1, -0.05) is 0 Å². The second-order valence-electron chi connectivity index (χ2n) is 4.65. The van der Waals surface area contributed by atoms with Crippen LogP contribution in [0.4, 0.5) is 18.9 Å². The number of hydrogen-bond acceptors (Lipinski definition) is 3. The van der Waals surface area contributed by atoms with Crippen molar-refractivity contribution in [3.05, 3.63) is 52.6 Å². The number of nitrogens with zero attached hydrogens (tertiary/aromatic N) is 1. The van der Waals surface area contributed by atoms with Gasteiger partial charge in [-0.05, 0) is 13.8 Å². The zero-order valence-corrected chi connectivity index (χ0v) is 11.9. The normalized spacial score (nSPS) is 10.6. The van der Waals surface area contributed by atoms with Crippen LogP contribution in [0.2, 0.25) is 0 Å². The van der Waals surface area contributed by atoms with Crippen LogP contribution in [0.15, 0.2) is 18.3 Å². The maximum atomic E-state index is 13.5. The summed E-state index contributed by atoms with van der Waals surface area (Å²) in [6, 6.07) is 1.29. The molecule has 0 unspecified atom stereocenters. The lowest BCUT2D eigenvalue weighted by atomic mass is 10.1. The summed E-state index contributed by atoms with van der Waals surface area (Å²) in [4.78, 5) is 4.24. The number of nitrogens with one attached hydrogen (secondary N) is 1. The molecule has 1 heterocycles. The second kappa shape index (κ2) is 6.03. The van der Waals surface area contributed by atoms with Gasteiger partial charge in [-0.25, -0.2) is 13.2 Å². The van der Waals surface area contributed by atoms with Gasteiger partial charge in [0, 0.05) is 29.5 Å². The van der Waals surface area contributed by atoms with Gasteiger partial charge in [0.05, 0.1) is 25.0 Å². The standard InChI is InChI=1S/C15H15F3N2O/c1-8-6-19-14(9(2)15(8)21-3)7-20-13-5-11(17)10(16)4-12(13)18/h4-6,20H,7H2,1-3H3. The Bertz CT molecular complexity index is 674. The van der Waals surface area contributed by atoms with Crippen molar-refractivity contribution in [1.29, 1.82) is 0 Å². The average molecular weight is 296 g/mol. The number of aromatic nitrogens is 1. The highest BCUT2D eigenvalue weighted by Gasteiger charge is 2.12. The summed E-state index contributed by atoms with van der Waals surface area (Å²) in [6.07, 6.45) is 1.64. The number of rotatable bonds is 4. The van der Waals surface area contributed by atoms with Crippen molar-refractivity contribution in [1.82, 2.24) is 4.98 Å². The Morgan fingerprint density at radius 3 is 2.43 bits per heavy atom. The fraction of sp³-hybridized carbons (Fsp3) is 0.267. The van der Waals surface area contributed by atoms with E-state index in [2.05, 4.69) is 10.3 Å². The molecule has 0 aliphatic rings. The smallest absolute Gasteiger partial charge is 0.161 e. The van der Waals surface area contributed by atoms with E-state index < -0.39 is 17.5 Å². The van der Waals surface area contributed by atoms with Crippen molar-refractivity contribution in [3.63, 3.8) is 0 Å². The van der Waals surface area contributed by atoms with Crippen LogP contribution in [0.25, 0.3) is 0 Å². The molecule has 0 spiro atoms. The molecular formula is C15H15F3N2O. The zero-order valence-electron chi connectivity index (χ0n) is 11.9. The molecule has 1 N–H and O–H groups in total. The van der Waals surface area contributed by atoms with Crippen LogP contribution in [0.5, 0.6) is 5.75 Å². The van der Waals surface area contributed by atoms with Gasteiger partial charge in [-0.15, -0.1) is 0 Å². The third kappa shape index (κ3) is 3.09. The van der Waals surface area contributed by atoms with Crippen molar-refractivity contribution in [2.45, 2.75) is 20.4 Å². The lowest BCUT2D eigenvalue weighted by molar-refractivity contribution is 0.407. The van der Waals surface area contributed by atoms with Crippen molar-refractivity contribution in [2.75, 3.05) is 12.4 Å². The SMILES string of the molecule is COc1c(C)cnc(CNc2cc(F)c(F)cc2F)c1C. The van der Waals surface area contributed by atoms with Crippen molar-refractivity contribution < 1.29 is 17.9 Å². The third-order valence-corrected chi connectivity index (χ3v) is 3.21. The molecule has 3 nitrogen and oxygen atoms in total. The quantitative estimate of drug-likeness (QED) is 0.873. The zero-order chi connectivity index (χ0) is 15.6. The van der Waals surface area contributed by atoms with Crippen LogP contribution < -0.4 is 10.1 Å². The molecule has 1 aromatic carbocycles. The molecule has 0 amide bonds. The summed E-state index contributed by atoms with van der Waals surface area (Å²) >= 11 is 0. The Morgan fingerprint density at radius 2 is 1.76 bits per heavy atom. The first kappa shape index (κ1) is 15.2. The summed E-state index contributed by atoms with van der Waals surface area (Å²) in [5.74, 6) is -2.48. The number of anilines is 1. The summed E-state index contributed by atoms with van der Waals surface area (Å²) in [5.41, 5.74) is 2.22. The van der Waals surface area contributed by atoms with E-state index in [1.165, 1.54) is 0 Å². The van der Waals surface area contributed by atoms with E-state index in [0.29, 0.717) is 17.5 Å². The van der Waals surface area contributed by atoms with Gasteiger partial charge < -0.3 is 10.1 Å². The largest absolute Gasteiger partial charge is 0.496 e. The Morgan fingerprint density at radius 1 is 1.10 bits per heavy atom. The Balaban J connectivity index is 2.23. The predicted octanol–water partition coefficient (Wildman–Crippen LogP) is 3.74. The Labute approximate surface area is 120 Å². The molecular weight excluding hydrogens is 281 g/mol. The molecule has 0 radical (unpaired) electrons. The average Bonchev–Trinajstić information content (AvgIpc) is 2.43. The van der Waals surface area contributed by atoms with E-state index in [1.54, 1.807) is 13.3 Å². The van der Waals surface area contributed by atoms with E-state index in [0.717, 1.165) is 17.2 Å². The van der Waals surface area contributed by atoms with Crippen LogP contribution in [0.1, 0.15) is 16.8 Å². The molecule has 2 aromatic rings. The van der Waals surface area contributed by atoms with Gasteiger partial charge in [0.2, 0.25) is 0 Å². The predicted molar refractivity (Wildman–Crippen MR) is 73.9 cm³/mol. The van der Waals surface area contributed by atoms with Gasteiger partial charge in [-0.3, -0.25) is 4.98 Å². The Hall–Kier alpha value is -2.24. The molecule has 0 bridgehead atoms. The van der Waals surface area contributed by atoms with Gasteiger partial charge in [-0.2, -0.15) is 0 Å². The second-order valence-corrected chi connectivity index (χ2v) is 4.65. The van der Waals surface area contributed by atoms with Crippen molar-refractivity contribution in [2.24, 2.45) is 0 Å². The molecule has 112 valence electrons. The number of hydrogen-bond donors (Lipinski definition) is 1. The summed E-state index contributed by atoms with van der Waals surface area (Å²) in [7, 11) is 1.56. The summed E-state index contributed by atoms with van der Waals surface area (Å²) < 4.78 is 44.8. The molecule has 0 atom stereocenters. The molecule has 0 saturated heterocycles. The highest BCUT2D eigenvalue weighted by molar-refractivity contribution is 5.47. The molecule has 1 aromatic heterocycles. The van der Waals surface area contributed by atoms with Gasteiger partial charge in [0.1, 0.15) is 11.6 Å². The minimum Gasteiger partial charge on any atom is -0.496 e. The van der Waals surface area contributed by atoms with E-state index in [-0.39, 0.29) is 12.2 Å². The lowest BCUT2D eigenvalue weighted by Crippen LogP contribution is -2.07. The topological polar surface area (TPSA) is 34.1 Å². The van der Waals surface area contributed by atoms with Crippen LogP contribution in [-0.2, 0) is 6.54 Å².